The van der Waals surface area contributed by atoms with Crippen molar-refractivity contribution in [2.24, 2.45) is 0 Å². The van der Waals surface area contributed by atoms with Crippen molar-refractivity contribution >= 4 is 17.5 Å². The minimum absolute atomic E-state index is 0.0819. The normalized spacial score (nSPS) is 15.2. The van der Waals surface area contributed by atoms with Crippen molar-refractivity contribution in [2.75, 3.05) is 26.2 Å². The highest BCUT2D eigenvalue weighted by Gasteiger charge is 2.22. The molecule has 0 aromatic carbocycles. The number of piperazine rings is 1. The van der Waals surface area contributed by atoms with Crippen LogP contribution in [0.4, 0.5) is 0 Å². The van der Waals surface area contributed by atoms with Crippen LogP contribution in [0.3, 0.4) is 0 Å². The highest BCUT2D eigenvalue weighted by Crippen LogP contribution is 2.14. The van der Waals surface area contributed by atoms with Crippen LogP contribution in [0, 0.1) is 6.92 Å². The highest BCUT2D eigenvalue weighted by molar-refractivity contribution is 5.77. The number of carbonyl (C=O) groups is 2. The number of rotatable bonds is 3. The largest absolute Gasteiger partial charge is 0.339 e. The standard InChI is InChI=1S/C17H22N4O2/c1-13-15(21-8-4-3-5-16(21)18-13)6-7-17(23)20-11-9-19(10-12-20)14(2)22/h3-5,8H,6-7,9-12H2,1-2H3. The molecule has 6 heteroatoms. The van der Waals surface area contributed by atoms with Crippen LogP contribution in [0.2, 0.25) is 0 Å². The molecule has 1 aliphatic heterocycles. The molecule has 0 aliphatic carbocycles. The molecule has 2 aromatic rings. The molecular weight excluding hydrogens is 292 g/mol. The Morgan fingerprint density at radius 1 is 1.13 bits per heavy atom. The summed E-state index contributed by atoms with van der Waals surface area (Å²) < 4.78 is 2.05. The topological polar surface area (TPSA) is 57.9 Å². The molecule has 23 heavy (non-hydrogen) atoms. The van der Waals surface area contributed by atoms with Gasteiger partial charge in [-0.2, -0.15) is 0 Å². The van der Waals surface area contributed by atoms with Crippen molar-refractivity contribution in [3.8, 4) is 0 Å². The monoisotopic (exact) mass is 314 g/mol. The van der Waals surface area contributed by atoms with Crippen LogP contribution in [0.1, 0.15) is 24.7 Å². The lowest BCUT2D eigenvalue weighted by Crippen LogP contribution is -2.50. The van der Waals surface area contributed by atoms with Gasteiger partial charge in [0.1, 0.15) is 5.65 Å². The molecule has 1 aliphatic rings. The molecule has 0 saturated carbocycles. The summed E-state index contributed by atoms with van der Waals surface area (Å²) in [4.78, 5) is 31.9. The van der Waals surface area contributed by atoms with Crippen molar-refractivity contribution in [2.45, 2.75) is 26.7 Å². The fourth-order valence-electron chi connectivity index (χ4n) is 3.12. The first-order chi connectivity index (χ1) is 11.1. The summed E-state index contributed by atoms with van der Waals surface area (Å²) >= 11 is 0. The van der Waals surface area contributed by atoms with Gasteiger partial charge in [0.2, 0.25) is 11.8 Å². The highest BCUT2D eigenvalue weighted by atomic mass is 16.2. The minimum Gasteiger partial charge on any atom is -0.339 e. The lowest BCUT2D eigenvalue weighted by atomic mass is 10.1. The van der Waals surface area contributed by atoms with E-state index in [-0.39, 0.29) is 11.8 Å². The number of amides is 2. The molecule has 2 aromatic heterocycles. The van der Waals surface area contributed by atoms with E-state index in [0.717, 1.165) is 17.0 Å². The molecule has 3 heterocycles. The quantitative estimate of drug-likeness (QED) is 0.857. The number of pyridine rings is 1. The summed E-state index contributed by atoms with van der Waals surface area (Å²) in [7, 11) is 0. The van der Waals surface area contributed by atoms with Gasteiger partial charge in [0.25, 0.3) is 0 Å². The average molecular weight is 314 g/mol. The Balaban J connectivity index is 1.61. The Kier molecular flexibility index (Phi) is 4.32. The van der Waals surface area contributed by atoms with Gasteiger partial charge in [0, 0.05) is 51.4 Å². The van der Waals surface area contributed by atoms with Gasteiger partial charge in [-0.3, -0.25) is 9.59 Å². The van der Waals surface area contributed by atoms with E-state index >= 15 is 0 Å². The fraction of sp³-hybridized carbons (Fsp3) is 0.471. The molecule has 6 nitrogen and oxygen atoms in total. The van der Waals surface area contributed by atoms with E-state index in [0.29, 0.717) is 39.0 Å². The van der Waals surface area contributed by atoms with Crippen LogP contribution >= 0.6 is 0 Å². The first-order valence-electron chi connectivity index (χ1n) is 8.02. The SMILES string of the molecule is CC(=O)N1CCN(C(=O)CCc2c(C)nc3ccccn23)CC1. The molecule has 2 amide bonds. The van der Waals surface area contributed by atoms with E-state index in [9.17, 15) is 9.59 Å². The molecule has 0 spiro atoms. The van der Waals surface area contributed by atoms with E-state index < -0.39 is 0 Å². The van der Waals surface area contributed by atoms with Gasteiger partial charge in [-0.1, -0.05) is 6.07 Å². The van der Waals surface area contributed by atoms with Crippen molar-refractivity contribution in [3.05, 3.63) is 35.8 Å². The third kappa shape index (κ3) is 3.21. The van der Waals surface area contributed by atoms with Crippen LogP contribution in [0.15, 0.2) is 24.4 Å². The number of nitrogens with zero attached hydrogens (tertiary/aromatic N) is 4. The van der Waals surface area contributed by atoms with Gasteiger partial charge in [0.05, 0.1) is 5.69 Å². The molecule has 0 N–H and O–H groups in total. The summed E-state index contributed by atoms with van der Waals surface area (Å²) in [6, 6.07) is 5.91. The third-order valence-electron chi connectivity index (χ3n) is 4.48. The van der Waals surface area contributed by atoms with E-state index in [1.54, 1.807) is 11.8 Å². The number of carbonyl (C=O) groups excluding carboxylic acids is 2. The Labute approximate surface area is 135 Å². The van der Waals surface area contributed by atoms with Crippen LogP contribution < -0.4 is 0 Å². The number of hydrogen-bond donors (Lipinski definition) is 0. The van der Waals surface area contributed by atoms with E-state index in [4.69, 9.17) is 0 Å². The number of hydrogen-bond acceptors (Lipinski definition) is 3. The molecule has 1 saturated heterocycles. The molecule has 0 radical (unpaired) electrons. The minimum atomic E-state index is 0.0819. The van der Waals surface area contributed by atoms with Gasteiger partial charge in [-0.05, 0) is 25.5 Å². The lowest BCUT2D eigenvalue weighted by Gasteiger charge is -2.34. The van der Waals surface area contributed by atoms with E-state index in [1.807, 2.05) is 36.2 Å². The molecule has 0 unspecified atom stereocenters. The molecule has 0 bridgehead atoms. The second-order valence-electron chi connectivity index (χ2n) is 5.96. The van der Waals surface area contributed by atoms with Gasteiger partial charge in [-0.15, -0.1) is 0 Å². The average Bonchev–Trinajstić information content (AvgIpc) is 2.88. The van der Waals surface area contributed by atoms with Gasteiger partial charge >= 0.3 is 0 Å². The molecule has 3 rings (SSSR count). The Morgan fingerprint density at radius 2 is 1.83 bits per heavy atom. The smallest absolute Gasteiger partial charge is 0.223 e. The van der Waals surface area contributed by atoms with Crippen LogP contribution in [0.25, 0.3) is 5.65 Å². The summed E-state index contributed by atoms with van der Waals surface area (Å²) in [5, 5.41) is 0. The number of imidazole rings is 1. The summed E-state index contributed by atoms with van der Waals surface area (Å²) in [6.07, 6.45) is 3.15. The molecule has 122 valence electrons. The second-order valence-corrected chi connectivity index (χ2v) is 5.96. The van der Waals surface area contributed by atoms with Crippen molar-refractivity contribution in [1.29, 1.82) is 0 Å². The van der Waals surface area contributed by atoms with Gasteiger partial charge in [0.15, 0.2) is 0 Å². The first-order valence-corrected chi connectivity index (χ1v) is 8.02. The molecular formula is C17H22N4O2. The van der Waals surface area contributed by atoms with Crippen molar-refractivity contribution in [3.63, 3.8) is 0 Å². The maximum atomic E-state index is 12.4. The zero-order valence-corrected chi connectivity index (χ0v) is 13.7. The predicted octanol–water partition coefficient (Wildman–Crippen LogP) is 1.27. The van der Waals surface area contributed by atoms with Crippen LogP contribution in [-0.2, 0) is 16.0 Å². The third-order valence-corrected chi connectivity index (χ3v) is 4.48. The zero-order chi connectivity index (χ0) is 16.4. The van der Waals surface area contributed by atoms with Crippen LogP contribution in [0.5, 0.6) is 0 Å². The lowest BCUT2D eigenvalue weighted by molar-refractivity contribution is -0.138. The van der Waals surface area contributed by atoms with E-state index in [1.165, 1.54) is 0 Å². The Hall–Kier alpha value is -2.37. The maximum absolute atomic E-state index is 12.4. The Bertz CT molecular complexity index is 729. The summed E-state index contributed by atoms with van der Waals surface area (Å²) in [5.41, 5.74) is 2.99. The number of aryl methyl sites for hydroxylation is 2. The molecule has 0 atom stereocenters. The predicted molar refractivity (Wildman–Crippen MR) is 87.1 cm³/mol. The van der Waals surface area contributed by atoms with Gasteiger partial charge < -0.3 is 14.2 Å². The summed E-state index contributed by atoms with van der Waals surface area (Å²) in [6.45, 7) is 6.09. The van der Waals surface area contributed by atoms with Crippen molar-refractivity contribution < 1.29 is 9.59 Å². The maximum Gasteiger partial charge on any atom is 0.223 e. The second kappa shape index (κ2) is 6.40. The number of fused-ring (bicyclic) bond motifs is 1. The van der Waals surface area contributed by atoms with Crippen LogP contribution in [-0.4, -0.2) is 57.2 Å². The van der Waals surface area contributed by atoms with Crippen molar-refractivity contribution in [1.82, 2.24) is 19.2 Å². The first kappa shape index (κ1) is 15.5. The van der Waals surface area contributed by atoms with E-state index in [2.05, 4.69) is 9.38 Å². The van der Waals surface area contributed by atoms with Gasteiger partial charge in [-0.25, -0.2) is 4.98 Å². The fourth-order valence-corrected chi connectivity index (χ4v) is 3.12. The zero-order valence-electron chi connectivity index (χ0n) is 13.7. The molecule has 1 fully saturated rings. The summed E-state index contributed by atoms with van der Waals surface area (Å²) in [5.74, 6) is 0.233. The Morgan fingerprint density at radius 3 is 2.52 bits per heavy atom. The number of aromatic nitrogens is 2.